The lowest BCUT2D eigenvalue weighted by Gasteiger charge is -2.38. The number of hydrazone groups is 1. The molecule has 3 aromatic carbocycles. The quantitative estimate of drug-likeness (QED) is 0.462. The summed E-state index contributed by atoms with van der Waals surface area (Å²) in [5, 5.41) is 18.1. The molecular weight excluding hydrogens is 382 g/mol. The van der Waals surface area contributed by atoms with E-state index < -0.39 is 11.2 Å². The van der Waals surface area contributed by atoms with Gasteiger partial charge in [-0.25, -0.2) is 5.01 Å². The zero-order valence-corrected chi connectivity index (χ0v) is 16.3. The zero-order valence-electron chi connectivity index (χ0n) is 16.3. The molecule has 0 bridgehead atoms. The van der Waals surface area contributed by atoms with Gasteiger partial charge in [-0.05, 0) is 35.9 Å². The van der Waals surface area contributed by atoms with Gasteiger partial charge in [0.1, 0.15) is 11.5 Å². The van der Waals surface area contributed by atoms with Crippen LogP contribution in [0.3, 0.4) is 0 Å². The summed E-state index contributed by atoms with van der Waals surface area (Å²) in [6.07, 6.45) is 0.179. The Morgan fingerprint density at radius 2 is 1.90 bits per heavy atom. The maximum absolute atomic E-state index is 11.3. The van der Waals surface area contributed by atoms with Crippen LogP contribution < -0.4 is 9.47 Å². The molecule has 7 heteroatoms. The lowest BCUT2D eigenvalue weighted by atomic mass is 9.96. The topological polar surface area (TPSA) is 77.2 Å². The number of benzene rings is 3. The molecule has 30 heavy (non-hydrogen) atoms. The molecule has 2 heterocycles. The number of hydrogen-bond donors (Lipinski definition) is 0. The minimum Gasteiger partial charge on any atom is -0.497 e. The summed E-state index contributed by atoms with van der Waals surface area (Å²) in [5.74, 6) is 1.57. The normalized spacial score (nSPS) is 19.4. The van der Waals surface area contributed by atoms with Crippen molar-refractivity contribution in [2.24, 2.45) is 5.10 Å². The fourth-order valence-corrected chi connectivity index (χ4v) is 4.00. The Hall–Kier alpha value is -3.87. The molecule has 0 saturated carbocycles. The Labute approximate surface area is 173 Å². The van der Waals surface area contributed by atoms with E-state index in [1.54, 1.807) is 19.2 Å². The molecule has 0 amide bonds. The average molecular weight is 401 g/mol. The first-order valence-corrected chi connectivity index (χ1v) is 9.64. The molecule has 0 unspecified atom stereocenters. The first-order valence-electron chi connectivity index (χ1n) is 9.64. The Kier molecular flexibility index (Phi) is 4.35. The van der Waals surface area contributed by atoms with Crippen molar-refractivity contribution in [3.05, 3.63) is 99.6 Å². The highest BCUT2D eigenvalue weighted by molar-refractivity contribution is 6.02. The molecule has 0 fully saturated rings. The molecule has 2 aliphatic heterocycles. The largest absolute Gasteiger partial charge is 0.497 e. The lowest BCUT2D eigenvalue weighted by molar-refractivity contribution is -0.385. The van der Waals surface area contributed by atoms with Gasteiger partial charge in [0.2, 0.25) is 6.23 Å². The molecule has 0 aromatic heterocycles. The van der Waals surface area contributed by atoms with Gasteiger partial charge in [0.25, 0.3) is 5.69 Å². The third-order valence-electron chi connectivity index (χ3n) is 5.49. The maximum atomic E-state index is 11.3. The van der Waals surface area contributed by atoms with Crippen LogP contribution in [0.1, 0.15) is 35.4 Å². The van der Waals surface area contributed by atoms with Crippen molar-refractivity contribution in [3.8, 4) is 11.5 Å². The second kappa shape index (κ2) is 7.18. The van der Waals surface area contributed by atoms with Crippen molar-refractivity contribution in [1.29, 1.82) is 0 Å². The van der Waals surface area contributed by atoms with Gasteiger partial charge < -0.3 is 9.47 Å². The van der Waals surface area contributed by atoms with Crippen LogP contribution in [-0.4, -0.2) is 22.8 Å². The molecule has 2 atom stereocenters. The molecule has 0 spiro atoms. The van der Waals surface area contributed by atoms with Crippen LogP contribution in [0.4, 0.5) is 5.69 Å². The second-order valence-corrected chi connectivity index (χ2v) is 7.24. The van der Waals surface area contributed by atoms with E-state index in [1.807, 2.05) is 59.6 Å². The van der Waals surface area contributed by atoms with E-state index in [0.717, 1.165) is 34.8 Å². The van der Waals surface area contributed by atoms with E-state index in [9.17, 15) is 10.1 Å². The number of non-ortho nitro benzene ring substituents is 1. The van der Waals surface area contributed by atoms with Crippen molar-refractivity contribution in [1.82, 2.24) is 5.01 Å². The molecule has 0 aliphatic carbocycles. The van der Waals surface area contributed by atoms with Crippen LogP contribution in [0.25, 0.3) is 0 Å². The van der Waals surface area contributed by atoms with Crippen LogP contribution in [0.15, 0.2) is 77.9 Å². The molecule has 7 nitrogen and oxygen atoms in total. The smallest absolute Gasteiger partial charge is 0.269 e. The summed E-state index contributed by atoms with van der Waals surface area (Å²) in [5.41, 5.74) is 3.75. The Morgan fingerprint density at radius 1 is 1.10 bits per heavy atom. The van der Waals surface area contributed by atoms with Gasteiger partial charge in [0.05, 0.1) is 23.8 Å². The van der Waals surface area contributed by atoms with Crippen molar-refractivity contribution >= 4 is 11.4 Å². The number of ether oxygens (including phenoxy) is 2. The molecule has 3 aromatic rings. The zero-order chi connectivity index (χ0) is 20.7. The highest BCUT2D eigenvalue weighted by Crippen LogP contribution is 2.47. The third kappa shape index (κ3) is 3.04. The number of rotatable bonds is 4. The highest BCUT2D eigenvalue weighted by Gasteiger charge is 2.41. The Morgan fingerprint density at radius 3 is 2.67 bits per heavy atom. The van der Waals surface area contributed by atoms with Crippen LogP contribution in [-0.2, 0) is 0 Å². The summed E-state index contributed by atoms with van der Waals surface area (Å²) >= 11 is 0. The molecular formula is C23H19N3O4. The Bertz CT molecular complexity index is 1140. The van der Waals surface area contributed by atoms with E-state index in [2.05, 4.69) is 0 Å². The number of hydrogen-bond acceptors (Lipinski definition) is 6. The monoisotopic (exact) mass is 401 g/mol. The molecule has 0 saturated heterocycles. The fourth-order valence-electron chi connectivity index (χ4n) is 4.00. The van der Waals surface area contributed by atoms with E-state index >= 15 is 0 Å². The summed E-state index contributed by atoms with van der Waals surface area (Å²) < 4.78 is 11.5. The summed E-state index contributed by atoms with van der Waals surface area (Å²) in [6, 6.07) is 22.2. The fraction of sp³-hybridized carbons (Fsp3) is 0.174. The van der Waals surface area contributed by atoms with Crippen molar-refractivity contribution in [2.45, 2.75) is 18.7 Å². The number of fused-ring (bicyclic) bond motifs is 3. The molecule has 5 rings (SSSR count). The van der Waals surface area contributed by atoms with Gasteiger partial charge in [-0.1, -0.05) is 30.3 Å². The minimum atomic E-state index is -0.541. The minimum absolute atomic E-state index is 0.00341. The van der Waals surface area contributed by atoms with E-state index in [0.29, 0.717) is 5.56 Å². The average Bonchev–Trinajstić information content (AvgIpc) is 3.24. The predicted octanol–water partition coefficient (Wildman–Crippen LogP) is 4.85. The van der Waals surface area contributed by atoms with Gasteiger partial charge in [0, 0.05) is 29.7 Å². The summed E-state index contributed by atoms with van der Waals surface area (Å²) in [6.45, 7) is 0. The van der Waals surface area contributed by atoms with Crippen LogP contribution >= 0.6 is 0 Å². The first-order chi connectivity index (χ1) is 14.6. The third-order valence-corrected chi connectivity index (χ3v) is 5.49. The second-order valence-electron chi connectivity index (χ2n) is 7.24. The summed E-state index contributed by atoms with van der Waals surface area (Å²) in [4.78, 5) is 10.9. The van der Waals surface area contributed by atoms with Gasteiger partial charge >= 0.3 is 0 Å². The van der Waals surface area contributed by atoms with E-state index in [4.69, 9.17) is 14.6 Å². The summed E-state index contributed by atoms with van der Waals surface area (Å²) in [7, 11) is 1.64. The Balaban J connectivity index is 1.57. The van der Waals surface area contributed by atoms with Crippen LogP contribution in [0.2, 0.25) is 0 Å². The van der Waals surface area contributed by atoms with Crippen LogP contribution in [0.5, 0.6) is 11.5 Å². The highest BCUT2D eigenvalue weighted by atomic mass is 16.6. The van der Waals surface area contributed by atoms with E-state index in [-0.39, 0.29) is 11.7 Å². The lowest BCUT2D eigenvalue weighted by Crippen LogP contribution is -2.33. The number of methoxy groups -OCH3 is 1. The maximum Gasteiger partial charge on any atom is 0.269 e. The van der Waals surface area contributed by atoms with Crippen molar-refractivity contribution in [3.63, 3.8) is 0 Å². The van der Waals surface area contributed by atoms with Gasteiger partial charge in [-0.3, -0.25) is 10.1 Å². The number of para-hydroxylation sites is 1. The van der Waals surface area contributed by atoms with Crippen LogP contribution in [0, 0.1) is 10.1 Å². The predicted molar refractivity (Wildman–Crippen MR) is 112 cm³/mol. The first kappa shape index (κ1) is 18.2. The van der Waals surface area contributed by atoms with Gasteiger partial charge in [-0.2, -0.15) is 5.10 Å². The van der Waals surface area contributed by atoms with Gasteiger partial charge in [-0.15, -0.1) is 0 Å². The SMILES string of the molecule is COc1ccc(C2=NN3[C@H](C2)c2ccccc2O[C@H]3c2cccc([N+](=O)[O-])c2)cc1. The standard InChI is InChI=1S/C23H19N3O4/c1-29-18-11-9-15(10-12-18)20-14-21-19-7-2-3-8-22(19)30-23(25(21)24-20)16-5-4-6-17(13-16)26(27)28/h2-13,21,23H,14H2,1H3/t21-,23+/m1/s1. The van der Waals surface area contributed by atoms with E-state index in [1.165, 1.54) is 6.07 Å². The molecule has 0 N–H and O–H groups in total. The van der Waals surface area contributed by atoms with Crippen molar-refractivity contribution < 1.29 is 14.4 Å². The number of nitrogens with zero attached hydrogens (tertiary/aromatic N) is 3. The number of nitro groups is 1. The molecule has 2 aliphatic rings. The van der Waals surface area contributed by atoms with Gasteiger partial charge in [0.15, 0.2) is 0 Å². The molecule has 150 valence electrons. The van der Waals surface area contributed by atoms with Crippen molar-refractivity contribution in [2.75, 3.05) is 7.11 Å². The molecule has 0 radical (unpaired) electrons. The number of nitro benzene ring substituents is 1.